The van der Waals surface area contributed by atoms with Crippen molar-refractivity contribution in [2.75, 3.05) is 31.1 Å². The van der Waals surface area contributed by atoms with Crippen LogP contribution >= 0.6 is 0 Å². The van der Waals surface area contributed by atoms with Gasteiger partial charge in [-0.15, -0.1) is 0 Å². The molecule has 1 aliphatic carbocycles. The maximum atomic E-state index is 14.2. The van der Waals surface area contributed by atoms with E-state index in [1.54, 1.807) is 26.0 Å². The van der Waals surface area contributed by atoms with Gasteiger partial charge in [0.05, 0.1) is 17.1 Å². The SMILES string of the molecule is CC(C)(O)CN(CCCCCCC1=C(c2cc(F)cc(F)c2)CCCc2cc(O)ccc21)CCCS(=O)(=O)CCCC(F)(F)C(F)(F)F. The van der Waals surface area contributed by atoms with Crippen LogP contribution in [0.15, 0.2) is 36.4 Å². The van der Waals surface area contributed by atoms with Crippen LogP contribution in [0, 0.1) is 11.6 Å². The third kappa shape index (κ3) is 12.7. The van der Waals surface area contributed by atoms with Crippen molar-refractivity contribution < 1.29 is 49.4 Å². The van der Waals surface area contributed by atoms with Gasteiger partial charge >= 0.3 is 12.1 Å². The minimum Gasteiger partial charge on any atom is -0.508 e. The van der Waals surface area contributed by atoms with Gasteiger partial charge in [0.25, 0.3) is 0 Å². The maximum absolute atomic E-state index is 14.2. The second-order valence-electron chi connectivity index (χ2n) is 13.4. The topological polar surface area (TPSA) is 77.8 Å². The van der Waals surface area contributed by atoms with Crippen LogP contribution in [0.2, 0.25) is 0 Å². The van der Waals surface area contributed by atoms with E-state index in [2.05, 4.69) is 0 Å². The van der Waals surface area contributed by atoms with Crippen molar-refractivity contribution in [1.82, 2.24) is 4.90 Å². The van der Waals surface area contributed by atoms with Crippen LogP contribution < -0.4 is 0 Å². The Morgan fingerprint density at radius 3 is 2.08 bits per heavy atom. The summed E-state index contributed by atoms with van der Waals surface area (Å²) in [5.41, 5.74) is 3.28. The Morgan fingerprint density at radius 1 is 0.812 bits per heavy atom. The number of nitrogens with zero attached hydrogens (tertiary/aromatic N) is 1. The van der Waals surface area contributed by atoms with Crippen molar-refractivity contribution in [2.24, 2.45) is 0 Å². The Hall–Kier alpha value is -2.64. The lowest BCUT2D eigenvalue weighted by atomic mass is 9.89. The zero-order chi connectivity index (χ0) is 35.8. The lowest BCUT2D eigenvalue weighted by molar-refractivity contribution is -0.284. The van der Waals surface area contributed by atoms with Crippen molar-refractivity contribution in [3.05, 3.63) is 64.7 Å². The molecule has 0 unspecified atom stereocenters. The summed E-state index contributed by atoms with van der Waals surface area (Å²) >= 11 is 0. The van der Waals surface area contributed by atoms with E-state index in [0.29, 0.717) is 31.5 Å². The third-order valence-electron chi connectivity index (χ3n) is 8.41. The van der Waals surface area contributed by atoms with E-state index in [-0.39, 0.29) is 24.5 Å². The summed E-state index contributed by atoms with van der Waals surface area (Å²) in [6, 6.07) is 8.74. The first-order chi connectivity index (χ1) is 22.3. The molecule has 0 radical (unpaired) electrons. The van der Waals surface area contributed by atoms with Gasteiger partial charge in [0.15, 0.2) is 0 Å². The monoisotopic (exact) mass is 709 g/mol. The van der Waals surface area contributed by atoms with Gasteiger partial charge in [0, 0.05) is 19.0 Å². The standard InChI is InChI=1S/C35H46F7NO4S/c1-33(2,45)24-43(17-9-19-48(46,47)18-8-15-34(38,39)35(40,41)42)16-6-4-3-5-11-32-30(26-20-27(36)23-28(37)21-26)12-7-10-25-22-29(44)13-14-31(25)32/h13-14,20-23,44-45H,3-12,15-19,24H2,1-2H3. The van der Waals surface area contributed by atoms with Crippen LogP contribution in [-0.4, -0.2) is 72.4 Å². The minimum atomic E-state index is -5.72. The summed E-state index contributed by atoms with van der Waals surface area (Å²) < 4.78 is 116. The molecular formula is C35H46F7NO4S. The number of hydrogen-bond acceptors (Lipinski definition) is 5. The summed E-state index contributed by atoms with van der Waals surface area (Å²) in [4.78, 5) is 1.92. The van der Waals surface area contributed by atoms with Gasteiger partial charge < -0.3 is 15.1 Å². The number of aryl methyl sites for hydroxylation is 1. The molecule has 0 heterocycles. The second-order valence-corrected chi connectivity index (χ2v) is 15.7. The number of aliphatic hydroxyl groups is 1. The molecular weight excluding hydrogens is 663 g/mol. The highest BCUT2D eigenvalue weighted by molar-refractivity contribution is 7.91. The molecule has 5 nitrogen and oxygen atoms in total. The van der Waals surface area contributed by atoms with Gasteiger partial charge in [-0.2, -0.15) is 22.0 Å². The molecule has 13 heteroatoms. The Bertz CT molecular complexity index is 1480. The number of phenols is 1. The van der Waals surface area contributed by atoms with Crippen LogP contribution in [0.3, 0.4) is 0 Å². The molecule has 270 valence electrons. The average molecular weight is 710 g/mol. The first-order valence-electron chi connectivity index (χ1n) is 16.4. The molecule has 0 aromatic heterocycles. The summed E-state index contributed by atoms with van der Waals surface area (Å²) in [5.74, 6) is -7.19. The number of benzene rings is 2. The van der Waals surface area contributed by atoms with E-state index < -0.39 is 57.8 Å². The Balaban J connectivity index is 1.56. The Kier molecular flexibility index (Phi) is 14.0. The number of fused-ring (bicyclic) bond motifs is 1. The molecule has 0 atom stereocenters. The molecule has 0 aliphatic heterocycles. The van der Waals surface area contributed by atoms with Crippen LogP contribution in [0.5, 0.6) is 5.75 Å². The highest BCUT2D eigenvalue weighted by atomic mass is 32.2. The maximum Gasteiger partial charge on any atom is 0.453 e. The predicted molar refractivity (Wildman–Crippen MR) is 174 cm³/mol. The fraction of sp³-hybridized carbons (Fsp3) is 0.600. The zero-order valence-electron chi connectivity index (χ0n) is 27.5. The van der Waals surface area contributed by atoms with Crippen molar-refractivity contribution in [3.63, 3.8) is 0 Å². The van der Waals surface area contributed by atoms with Crippen LogP contribution in [0.25, 0.3) is 11.1 Å². The van der Waals surface area contributed by atoms with Crippen LogP contribution in [0.4, 0.5) is 30.7 Å². The fourth-order valence-corrected chi connectivity index (χ4v) is 7.61. The molecule has 2 aromatic rings. The number of phenolic OH excluding ortho intramolecular Hbond substituents is 1. The number of aromatic hydroxyl groups is 1. The summed E-state index contributed by atoms with van der Waals surface area (Å²) in [6.07, 6.45) is -2.02. The average Bonchev–Trinajstić information content (AvgIpc) is 3.11. The number of halogens is 7. The molecule has 0 spiro atoms. The molecule has 0 saturated carbocycles. The van der Waals surface area contributed by atoms with Gasteiger partial charge in [0.2, 0.25) is 0 Å². The lowest BCUT2D eigenvalue weighted by Crippen LogP contribution is -2.40. The number of sulfone groups is 1. The summed E-state index contributed by atoms with van der Waals surface area (Å²) in [7, 11) is -3.84. The Labute approximate surface area is 278 Å². The van der Waals surface area contributed by atoms with Gasteiger partial charge in [-0.05, 0) is 130 Å². The van der Waals surface area contributed by atoms with Crippen molar-refractivity contribution in [3.8, 4) is 5.75 Å². The Morgan fingerprint density at radius 2 is 1.44 bits per heavy atom. The molecule has 0 fully saturated rings. The first-order valence-corrected chi connectivity index (χ1v) is 18.2. The molecule has 0 amide bonds. The van der Waals surface area contributed by atoms with E-state index >= 15 is 0 Å². The number of unbranched alkanes of at least 4 members (excludes halogenated alkanes) is 3. The third-order valence-corrected chi connectivity index (χ3v) is 10.2. The molecule has 3 rings (SSSR count). The molecule has 0 bridgehead atoms. The van der Waals surface area contributed by atoms with Crippen LogP contribution in [0.1, 0.15) is 94.7 Å². The molecule has 2 aromatic carbocycles. The summed E-state index contributed by atoms with van der Waals surface area (Å²) in [5, 5.41) is 20.4. The van der Waals surface area contributed by atoms with Gasteiger partial charge in [-0.25, -0.2) is 17.2 Å². The highest BCUT2D eigenvalue weighted by Gasteiger charge is 2.56. The van der Waals surface area contributed by atoms with Gasteiger partial charge in [0.1, 0.15) is 27.2 Å². The van der Waals surface area contributed by atoms with E-state index in [9.17, 15) is 49.4 Å². The van der Waals surface area contributed by atoms with Crippen molar-refractivity contribution in [2.45, 2.75) is 102 Å². The van der Waals surface area contributed by atoms with E-state index in [1.165, 1.54) is 12.1 Å². The highest BCUT2D eigenvalue weighted by Crippen LogP contribution is 2.40. The predicted octanol–water partition coefficient (Wildman–Crippen LogP) is 8.72. The minimum absolute atomic E-state index is 0.140. The van der Waals surface area contributed by atoms with E-state index in [0.717, 1.165) is 66.9 Å². The number of allylic oxidation sites excluding steroid dienone is 2. The van der Waals surface area contributed by atoms with Gasteiger partial charge in [-0.3, -0.25) is 0 Å². The molecule has 0 saturated heterocycles. The van der Waals surface area contributed by atoms with E-state index in [1.807, 2.05) is 11.0 Å². The molecule has 2 N–H and O–H groups in total. The molecule has 1 aliphatic rings. The first kappa shape index (κ1) is 39.8. The fourth-order valence-electron chi connectivity index (χ4n) is 6.26. The largest absolute Gasteiger partial charge is 0.508 e. The second kappa shape index (κ2) is 16.8. The quantitative estimate of drug-likeness (QED) is 0.120. The number of hydrogen-bond donors (Lipinski definition) is 2. The smallest absolute Gasteiger partial charge is 0.453 e. The van der Waals surface area contributed by atoms with Gasteiger partial charge in [-0.1, -0.05) is 18.9 Å². The lowest BCUT2D eigenvalue weighted by Gasteiger charge is -2.29. The molecule has 48 heavy (non-hydrogen) atoms. The number of alkyl halides is 5. The number of rotatable bonds is 18. The van der Waals surface area contributed by atoms with Crippen molar-refractivity contribution in [1.29, 1.82) is 0 Å². The van der Waals surface area contributed by atoms with Crippen LogP contribution in [-0.2, 0) is 16.3 Å². The summed E-state index contributed by atoms with van der Waals surface area (Å²) in [6.45, 7) is 4.36. The normalized spacial score (nSPS) is 14.8. The zero-order valence-corrected chi connectivity index (χ0v) is 28.3. The van der Waals surface area contributed by atoms with Crippen molar-refractivity contribution >= 4 is 21.0 Å². The van der Waals surface area contributed by atoms with E-state index in [4.69, 9.17) is 0 Å².